The first-order valence-electron chi connectivity index (χ1n) is 6.78. The molecule has 0 aliphatic carbocycles. The molecule has 0 fully saturated rings. The van der Waals surface area contributed by atoms with Crippen molar-refractivity contribution in [2.24, 2.45) is 0 Å². The zero-order valence-electron chi connectivity index (χ0n) is 12.5. The van der Waals surface area contributed by atoms with Gasteiger partial charge in [-0.15, -0.1) is 0 Å². The lowest BCUT2D eigenvalue weighted by Gasteiger charge is -2.10. The van der Waals surface area contributed by atoms with Gasteiger partial charge in [0.15, 0.2) is 17.5 Å². The van der Waals surface area contributed by atoms with E-state index in [1.807, 2.05) is 5.32 Å². The van der Waals surface area contributed by atoms with E-state index in [9.17, 15) is 22.8 Å². The Labute approximate surface area is 135 Å². The SMILES string of the molecule is COc1ccccc1CNC(=O)C(=O)Nc1ccc(F)c(F)c1F. The number of anilines is 1. The second kappa shape index (κ2) is 7.49. The Morgan fingerprint density at radius 1 is 1.00 bits per heavy atom. The van der Waals surface area contributed by atoms with Crippen LogP contribution in [0.25, 0.3) is 0 Å². The van der Waals surface area contributed by atoms with Gasteiger partial charge in [-0.25, -0.2) is 13.2 Å². The molecule has 8 heteroatoms. The summed E-state index contributed by atoms with van der Waals surface area (Å²) in [6.45, 7) is -0.00344. The fourth-order valence-corrected chi connectivity index (χ4v) is 1.91. The molecular formula is C16H13F3N2O3. The van der Waals surface area contributed by atoms with Crippen molar-refractivity contribution in [1.29, 1.82) is 0 Å². The summed E-state index contributed by atoms with van der Waals surface area (Å²) in [5.41, 5.74) is -0.00787. The third-order valence-electron chi connectivity index (χ3n) is 3.12. The van der Waals surface area contributed by atoms with Crippen LogP contribution < -0.4 is 15.4 Å². The molecule has 2 aromatic carbocycles. The number of hydrogen-bond donors (Lipinski definition) is 2. The van der Waals surface area contributed by atoms with E-state index in [4.69, 9.17) is 4.74 Å². The van der Waals surface area contributed by atoms with Gasteiger partial charge in [0.1, 0.15) is 5.75 Å². The van der Waals surface area contributed by atoms with Gasteiger partial charge in [-0.2, -0.15) is 0 Å². The van der Waals surface area contributed by atoms with E-state index in [1.165, 1.54) is 7.11 Å². The van der Waals surface area contributed by atoms with E-state index < -0.39 is 35.0 Å². The lowest BCUT2D eigenvalue weighted by atomic mass is 10.2. The van der Waals surface area contributed by atoms with Crippen LogP contribution in [0.5, 0.6) is 5.75 Å². The quantitative estimate of drug-likeness (QED) is 0.664. The van der Waals surface area contributed by atoms with E-state index in [0.29, 0.717) is 17.4 Å². The Balaban J connectivity index is 2.00. The maximum absolute atomic E-state index is 13.5. The van der Waals surface area contributed by atoms with Crippen LogP contribution in [0.3, 0.4) is 0 Å². The molecule has 0 bridgehead atoms. The molecule has 0 atom stereocenters. The lowest BCUT2D eigenvalue weighted by molar-refractivity contribution is -0.136. The molecule has 126 valence electrons. The Morgan fingerprint density at radius 3 is 2.42 bits per heavy atom. The summed E-state index contributed by atoms with van der Waals surface area (Å²) >= 11 is 0. The summed E-state index contributed by atoms with van der Waals surface area (Å²) in [6, 6.07) is 8.29. The molecule has 0 aliphatic heterocycles. The largest absolute Gasteiger partial charge is 0.496 e. The number of amides is 2. The second-order valence-electron chi connectivity index (χ2n) is 4.67. The Bertz CT molecular complexity index is 781. The highest BCUT2D eigenvalue weighted by atomic mass is 19.2. The van der Waals surface area contributed by atoms with Gasteiger partial charge in [0.25, 0.3) is 0 Å². The maximum atomic E-state index is 13.5. The van der Waals surface area contributed by atoms with Gasteiger partial charge in [-0.1, -0.05) is 18.2 Å². The average molecular weight is 338 g/mol. The minimum atomic E-state index is -1.73. The Hall–Kier alpha value is -3.03. The summed E-state index contributed by atoms with van der Waals surface area (Å²) in [4.78, 5) is 23.4. The summed E-state index contributed by atoms with van der Waals surface area (Å²) in [7, 11) is 1.46. The van der Waals surface area contributed by atoms with Crippen LogP contribution >= 0.6 is 0 Å². The number of carbonyl (C=O) groups is 2. The minimum Gasteiger partial charge on any atom is -0.496 e. The zero-order chi connectivity index (χ0) is 17.7. The van der Waals surface area contributed by atoms with Gasteiger partial charge < -0.3 is 15.4 Å². The third kappa shape index (κ3) is 3.83. The molecule has 0 aromatic heterocycles. The van der Waals surface area contributed by atoms with Crippen LogP contribution in [0, 0.1) is 17.5 Å². The summed E-state index contributed by atoms with van der Waals surface area (Å²) < 4.78 is 44.4. The van der Waals surface area contributed by atoms with Crippen LogP contribution in [-0.2, 0) is 16.1 Å². The molecular weight excluding hydrogens is 325 g/mol. The predicted octanol–water partition coefficient (Wildman–Crippen LogP) is 2.37. The van der Waals surface area contributed by atoms with Crippen molar-refractivity contribution in [2.75, 3.05) is 12.4 Å². The molecule has 0 spiro atoms. The number of para-hydroxylation sites is 1. The van der Waals surface area contributed by atoms with Gasteiger partial charge in [0.2, 0.25) is 0 Å². The summed E-state index contributed by atoms with van der Waals surface area (Å²) in [6.07, 6.45) is 0. The topological polar surface area (TPSA) is 67.4 Å². The predicted molar refractivity (Wildman–Crippen MR) is 79.8 cm³/mol. The first-order chi connectivity index (χ1) is 11.4. The highest BCUT2D eigenvalue weighted by Crippen LogP contribution is 2.19. The van der Waals surface area contributed by atoms with Crippen molar-refractivity contribution in [3.05, 3.63) is 59.4 Å². The van der Waals surface area contributed by atoms with Gasteiger partial charge in [0.05, 0.1) is 12.8 Å². The van der Waals surface area contributed by atoms with Crippen molar-refractivity contribution in [3.63, 3.8) is 0 Å². The molecule has 24 heavy (non-hydrogen) atoms. The second-order valence-corrected chi connectivity index (χ2v) is 4.67. The molecule has 2 rings (SSSR count). The first kappa shape index (κ1) is 17.3. The smallest absolute Gasteiger partial charge is 0.313 e. The van der Waals surface area contributed by atoms with Gasteiger partial charge >= 0.3 is 11.8 Å². The number of ether oxygens (including phenoxy) is 1. The van der Waals surface area contributed by atoms with E-state index in [-0.39, 0.29) is 6.54 Å². The molecule has 2 amide bonds. The first-order valence-corrected chi connectivity index (χ1v) is 6.78. The van der Waals surface area contributed by atoms with Crippen molar-refractivity contribution in [3.8, 4) is 5.75 Å². The molecule has 0 heterocycles. The number of rotatable bonds is 4. The molecule has 0 aliphatic rings. The molecule has 2 N–H and O–H groups in total. The molecule has 0 radical (unpaired) electrons. The normalized spacial score (nSPS) is 10.2. The van der Waals surface area contributed by atoms with Crippen molar-refractivity contribution >= 4 is 17.5 Å². The molecule has 0 saturated carbocycles. The third-order valence-corrected chi connectivity index (χ3v) is 3.12. The van der Waals surface area contributed by atoms with Crippen LogP contribution in [0.15, 0.2) is 36.4 Å². The molecule has 5 nitrogen and oxygen atoms in total. The average Bonchev–Trinajstić information content (AvgIpc) is 2.60. The highest BCUT2D eigenvalue weighted by Gasteiger charge is 2.19. The zero-order valence-corrected chi connectivity index (χ0v) is 12.5. The summed E-state index contributed by atoms with van der Waals surface area (Å²) in [5, 5.41) is 4.20. The van der Waals surface area contributed by atoms with Gasteiger partial charge in [0, 0.05) is 12.1 Å². The summed E-state index contributed by atoms with van der Waals surface area (Å²) in [5.74, 6) is -6.47. The fourth-order valence-electron chi connectivity index (χ4n) is 1.91. The minimum absolute atomic E-state index is 0.00344. The Morgan fingerprint density at radius 2 is 1.71 bits per heavy atom. The number of nitrogens with one attached hydrogen (secondary N) is 2. The number of hydrogen-bond acceptors (Lipinski definition) is 3. The van der Waals surface area contributed by atoms with Crippen LogP contribution in [0.2, 0.25) is 0 Å². The Kier molecular flexibility index (Phi) is 5.41. The van der Waals surface area contributed by atoms with Crippen LogP contribution in [0.1, 0.15) is 5.56 Å². The van der Waals surface area contributed by atoms with Crippen LogP contribution in [0.4, 0.5) is 18.9 Å². The van der Waals surface area contributed by atoms with Crippen LogP contribution in [-0.4, -0.2) is 18.9 Å². The molecule has 0 unspecified atom stereocenters. The van der Waals surface area contributed by atoms with E-state index in [1.54, 1.807) is 24.3 Å². The highest BCUT2D eigenvalue weighted by molar-refractivity contribution is 6.39. The fraction of sp³-hybridized carbons (Fsp3) is 0.125. The lowest BCUT2D eigenvalue weighted by Crippen LogP contribution is -2.35. The van der Waals surface area contributed by atoms with Gasteiger partial charge in [-0.3, -0.25) is 9.59 Å². The number of halogens is 3. The number of methoxy groups -OCH3 is 1. The van der Waals surface area contributed by atoms with Crippen molar-refractivity contribution in [1.82, 2.24) is 5.32 Å². The van der Waals surface area contributed by atoms with Crippen molar-refractivity contribution < 1.29 is 27.5 Å². The number of carbonyl (C=O) groups excluding carboxylic acids is 2. The number of benzene rings is 2. The maximum Gasteiger partial charge on any atom is 0.313 e. The van der Waals surface area contributed by atoms with E-state index >= 15 is 0 Å². The molecule has 0 saturated heterocycles. The van der Waals surface area contributed by atoms with Crippen molar-refractivity contribution in [2.45, 2.75) is 6.54 Å². The monoisotopic (exact) mass is 338 g/mol. The van der Waals surface area contributed by atoms with Gasteiger partial charge in [-0.05, 0) is 18.2 Å². The van der Waals surface area contributed by atoms with E-state index in [2.05, 4.69) is 5.32 Å². The standard InChI is InChI=1S/C16H13F3N2O3/c1-24-12-5-3-2-4-9(12)8-20-15(22)16(23)21-11-7-6-10(17)13(18)14(11)19/h2-7H,8H2,1H3,(H,20,22)(H,21,23). The molecule has 2 aromatic rings. The van der Waals surface area contributed by atoms with E-state index in [0.717, 1.165) is 6.07 Å².